The quantitative estimate of drug-likeness (QED) is 0.837. The minimum Gasteiger partial charge on any atom is -0.381 e. The van der Waals surface area contributed by atoms with Crippen molar-refractivity contribution in [2.24, 2.45) is 11.7 Å². The van der Waals surface area contributed by atoms with Gasteiger partial charge < -0.3 is 10.5 Å². The Morgan fingerprint density at radius 1 is 1.28 bits per heavy atom. The average molecular weight is 254 g/mol. The number of methoxy groups -OCH3 is 1. The van der Waals surface area contributed by atoms with Gasteiger partial charge in [0.2, 0.25) is 0 Å². The molecule has 2 fully saturated rings. The Morgan fingerprint density at radius 3 is 2.56 bits per heavy atom. The van der Waals surface area contributed by atoms with Crippen LogP contribution in [0.3, 0.4) is 0 Å². The van der Waals surface area contributed by atoms with Gasteiger partial charge in [0.25, 0.3) is 0 Å². The zero-order valence-corrected chi connectivity index (χ0v) is 12.2. The second-order valence-electron chi connectivity index (χ2n) is 6.22. The number of ether oxygens (including phenoxy) is 1. The first kappa shape index (κ1) is 14.3. The van der Waals surface area contributed by atoms with Gasteiger partial charge in [-0.3, -0.25) is 4.90 Å². The van der Waals surface area contributed by atoms with Gasteiger partial charge in [0.05, 0.1) is 6.10 Å². The summed E-state index contributed by atoms with van der Waals surface area (Å²) < 4.78 is 5.48. The zero-order valence-electron chi connectivity index (χ0n) is 12.2. The summed E-state index contributed by atoms with van der Waals surface area (Å²) in [6.45, 7) is 5.51. The van der Waals surface area contributed by atoms with Crippen molar-refractivity contribution in [1.29, 1.82) is 0 Å². The molecule has 106 valence electrons. The molecule has 2 atom stereocenters. The molecule has 18 heavy (non-hydrogen) atoms. The normalized spacial score (nSPS) is 35.8. The molecule has 2 unspecified atom stereocenters. The molecule has 2 N–H and O–H groups in total. The van der Waals surface area contributed by atoms with E-state index in [1.54, 1.807) is 0 Å². The number of nitrogens with two attached hydrogens (primary N) is 1. The molecule has 0 amide bonds. The van der Waals surface area contributed by atoms with Gasteiger partial charge in [0.1, 0.15) is 0 Å². The lowest BCUT2D eigenvalue weighted by atomic mass is 9.73. The number of likely N-dealkylation sites (tertiary alicyclic amines) is 1. The predicted molar refractivity (Wildman–Crippen MR) is 75.6 cm³/mol. The highest BCUT2D eigenvalue weighted by molar-refractivity contribution is 4.98. The number of piperidine rings is 1. The molecule has 0 aromatic heterocycles. The first-order valence-corrected chi connectivity index (χ1v) is 7.72. The highest BCUT2D eigenvalue weighted by atomic mass is 16.5. The lowest BCUT2D eigenvalue weighted by Crippen LogP contribution is -2.58. The van der Waals surface area contributed by atoms with Gasteiger partial charge in [-0.25, -0.2) is 0 Å². The SMILES string of the molecule is CCC1CCCC(CN)(N2CCC(OC)CC2)C1. The molecule has 0 bridgehead atoms. The van der Waals surface area contributed by atoms with Gasteiger partial charge in [0, 0.05) is 32.3 Å². The van der Waals surface area contributed by atoms with Gasteiger partial charge >= 0.3 is 0 Å². The smallest absolute Gasteiger partial charge is 0.0595 e. The van der Waals surface area contributed by atoms with Crippen LogP contribution >= 0.6 is 0 Å². The standard InChI is InChI=1S/C15H30N2O/c1-3-13-5-4-8-15(11-13,12-16)17-9-6-14(18-2)7-10-17/h13-14H,3-12,16H2,1-2H3. The predicted octanol–water partition coefficient (Wildman–Crippen LogP) is 2.39. The van der Waals surface area contributed by atoms with E-state index in [1.165, 1.54) is 58.0 Å². The van der Waals surface area contributed by atoms with E-state index in [9.17, 15) is 0 Å². The lowest BCUT2D eigenvalue weighted by Gasteiger charge is -2.50. The van der Waals surface area contributed by atoms with Gasteiger partial charge in [-0.15, -0.1) is 0 Å². The maximum Gasteiger partial charge on any atom is 0.0595 e. The molecule has 0 aromatic carbocycles. The summed E-state index contributed by atoms with van der Waals surface area (Å²) in [5.41, 5.74) is 6.48. The van der Waals surface area contributed by atoms with Crippen LogP contribution in [0.25, 0.3) is 0 Å². The van der Waals surface area contributed by atoms with Gasteiger partial charge in [0.15, 0.2) is 0 Å². The van der Waals surface area contributed by atoms with Crippen molar-refractivity contribution in [3.8, 4) is 0 Å². The molecule has 1 heterocycles. The molecule has 3 nitrogen and oxygen atoms in total. The first-order valence-electron chi connectivity index (χ1n) is 7.72. The van der Waals surface area contributed by atoms with E-state index in [0.717, 1.165) is 12.5 Å². The van der Waals surface area contributed by atoms with Crippen LogP contribution in [0.5, 0.6) is 0 Å². The Hall–Kier alpha value is -0.120. The zero-order chi connectivity index (χ0) is 13.0. The minimum absolute atomic E-state index is 0.303. The monoisotopic (exact) mass is 254 g/mol. The molecule has 0 aromatic rings. The number of rotatable bonds is 4. The van der Waals surface area contributed by atoms with Crippen LogP contribution in [0.1, 0.15) is 51.9 Å². The Balaban J connectivity index is 1.99. The van der Waals surface area contributed by atoms with Crippen LogP contribution in [-0.4, -0.2) is 43.3 Å². The fraction of sp³-hybridized carbons (Fsp3) is 1.00. The van der Waals surface area contributed by atoms with Crippen molar-refractivity contribution in [1.82, 2.24) is 4.90 Å². The molecule has 0 spiro atoms. The van der Waals surface area contributed by atoms with Crippen LogP contribution < -0.4 is 5.73 Å². The van der Waals surface area contributed by atoms with E-state index in [-0.39, 0.29) is 0 Å². The fourth-order valence-corrected chi connectivity index (χ4v) is 3.98. The van der Waals surface area contributed by atoms with E-state index in [2.05, 4.69) is 11.8 Å². The van der Waals surface area contributed by atoms with Crippen molar-refractivity contribution in [2.75, 3.05) is 26.7 Å². The summed E-state index contributed by atoms with van der Waals surface area (Å²) in [6, 6.07) is 0. The summed E-state index contributed by atoms with van der Waals surface area (Å²) in [5.74, 6) is 0.891. The molecule has 1 saturated heterocycles. The first-order chi connectivity index (χ1) is 8.74. The van der Waals surface area contributed by atoms with Gasteiger partial charge in [-0.05, 0) is 31.6 Å². The molecule has 1 aliphatic heterocycles. The van der Waals surface area contributed by atoms with Gasteiger partial charge in [-0.2, -0.15) is 0 Å². The fourth-order valence-electron chi connectivity index (χ4n) is 3.98. The molecule has 1 aliphatic carbocycles. The molecular weight excluding hydrogens is 224 g/mol. The maximum absolute atomic E-state index is 6.18. The summed E-state index contributed by atoms with van der Waals surface area (Å²) in [7, 11) is 1.84. The maximum atomic E-state index is 6.18. The van der Waals surface area contributed by atoms with Crippen molar-refractivity contribution in [3.05, 3.63) is 0 Å². The van der Waals surface area contributed by atoms with Crippen molar-refractivity contribution in [3.63, 3.8) is 0 Å². The Labute approximate surface area is 112 Å². The number of hydrogen-bond acceptors (Lipinski definition) is 3. The van der Waals surface area contributed by atoms with Gasteiger partial charge in [-0.1, -0.05) is 26.2 Å². The summed E-state index contributed by atoms with van der Waals surface area (Å²) in [6.07, 6.45) is 9.53. The van der Waals surface area contributed by atoms with E-state index < -0.39 is 0 Å². The summed E-state index contributed by atoms with van der Waals surface area (Å²) in [5, 5.41) is 0. The minimum atomic E-state index is 0.303. The van der Waals surface area contributed by atoms with Crippen molar-refractivity contribution >= 4 is 0 Å². The van der Waals surface area contributed by atoms with Crippen LogP contribution in [0.2, 0.25) is 0 Å². The number of nitrogens with zero attached hydrogens (tertiary/aromatic N) is 1. The Kier molecular flexibility index (Phi) is 5.05. The van der Waals surface area contributed by atoms with E-state index in [4.69, 9.17) is 10.5 Å². The van der Waals surface area contributed by atoms with Crippen LogP contribution in [0.4, 0.5) is 0 Å². The summed E-state index contributed by atoms with van der Waals surface area (Å²) in [4.78, 5) is 2.68. The molecule has 2 rings (SSSR count). The highest BCUT2D eigenvalue weighted by Gasteiger charge is 2.40. The van der Waals surface area contributed by atoms with Crippen molar-refractivity contribution in [2.45, 2.75) is 63.5 Å². The third kappa shape index (κ3) is 2.89. The van der Waals surface area contributed by atoms with Crippen molar-refractivity contribution < 1.29 is 4.74 Å². The second-order valence-corrected chi connectivity index (χ2v) is 6.22. The third-order valence-electron chi connectivity index (χ3n) is 5.33. The molecule has 3 heteroatoms. The third-order valence-corrected chi connectivity index (χ3v) is 5.33. The largest absolute Gasteiger partial charge is 0.381 e. The Bertz CT molecular complexity index is 251. The molecule has 0 radical (unpaired) electrons. The number of hydrogen-bond donors (Lipinski definition) is 1. The van der Waals surface area contributed by atoms with E-state index in [1.807, 2.05) is 7.11 Å². The Morgan fingerprint density at radius 2 is 2.00 bits per heavy atom. The molecule has 1 saturated carbocycles. The average Bonchev–Trinajstić information content (AvgIpc) is 2.47. The molecular formula is C15H30N2O. The molecule has 2 aliphatic rings. The van der Waals surface area contributed by atoms with E-state index >= 15 is 0 Å². The van der Waals surface area contributed by atoms with Crippen LogP contribution in [0, 0.1) is 5.92 Å². The topological polar surface area (TPSA) is 38.5 Å². The second kappa shape index (κ2) is 6.36. The van der Waals surface area contributed by atoms with Crippen LogP contribution in [0.15, 0.2) is 0 Å². The van der Waals surface area contributed by atoms with Crippen LogP contribution in [-0.2, 0) is 4.74 Å². The lowest BCUT2D eigenvalue weighted by molar-refractivity contribution is -0.0248. The highest BCUT2D eigenvalue weighted by Crippen LogP contribution is 2.39. The summed E-state index contributed by atoms with van der Waals surface area (Å²) >= 11 is 0. The van der Waals surface area contributed by atoms with E-state index in [0.29, 0.717) is 11.6 Å².